The van der Waals surface area contributed by atoms with Crippen molar-refractivity contribution in [3.8, 4) is 5.75 Å². The van der Waals surface area contributed by atoms with E-state index in [9.17, 15) is 19.2 Å². The number of anilines is 1. The van der Waals surface area contributed by atoms with Gasteiger partial charge in [0.25, 0.3) is 5.91 Å². The summed E-state index contributed by atoms with van der Waals surface area (Å²) in [6.07, 6.45) is -0.879. The molecule has 5 rings (SSSR count). The molecule has 0 saturated carbocycles. The molecule has 3 saturated heterocycles. The fourth-order valence-corrected chi connectivity index (χ4v) is 5.46. The number of benzene rings is 2. The van der Waals surface area contributed by atoms with Gasteiger partial charge in [-0.15, -0.1) is 0 Å². The van der Waals surface area contributed by atoms with Crippen molar-refractivity contribution >= 4 is 29.4 Å². The van der Waals surface area contributed by atoms with Gasteiger partial charge in [0.15, 0.2) is 6.10 Å². The van der Waals surface area contributed by atoms with Crippen molar-refractivity contribution < 1.29 is 33.4 Å². The maximum absolute atomic E-state index is 13.4. The number of carbonyl (C=O) groups is 4. The lowest BCUT2D eigenvalue weighted by molar-refractivity contribution is -0.149. The first-order valence-electron chi connectivity index (χ1n) is 11.6. The highest BCUT2D eigenvalue weighted by Gasteiger charge is 2.66. The highest BCUT2D eigenvalue weighted by Crippen LogP contribution is 2.44. The Bertz CT molecular complexity index is 1190. The molecular weight excluding hydrogens is 466 g/mol. The second-order valence-corrected chi connectivity index (χ2v) is 9.09. The van der Waals surface area contributed by atoms with Crippen LogP contribution in [0.15, 0.2) is 54.6 Å². The molecule has 0 aromatic heterocycles. The molecule has 0 aliphatic carbocycles. The van der Waals surface area contributed by atoms with Gasteiger partial charge in [0.2, 0.25) is 11.8 Å². The van der Waals surface area contributed by atoms with Crippen molar-refractivity contribution in [2.24, 2.45) is 11.8 Å². The summed E-state index contributed by atoms with van der Waals surface area (Å²) in [7, 11) is 4.19. The highest BCUT2D eigenvalue weighted by molar-refractivity contribution is 6.10. The van der Waals surface area contributed by atoms with Crippen molar-refractivity contribution in [3.63, 3.8) is 0 Å². The molecule has 0 bridgehead atoms. The number of nitrogens with zero attached hydrogens (tertiary/aromatic N) is 2. The Morgan fingerprint density at radius 2 is 1.58 bits per heavy atom. The van der Waals surface area contributed by atoms with Crippen molar-refractivity contribution in [2.45, 2.75) is 30.8 Å². The van der Waals surface area contributed by atoms with E-state index in [2.05, 4.69) is 5.32 Å². The van der Waals surface area contributed by atoms with Crippen LogP contribution in [0.5, 0.6) is 5.75 Å². The summed E-state index contributed by atoms with van der Waals surface area (Å²) in [5.74, 6) is -2.87. The van der Waals surface area contributed by atoms with E-state index in [0.29, 0.717) is 11.4 Å². The van der Waals surface area contributed by atoms with Crippen LogP contribution in [-0.2, 0) is 35.3 Å². The first-order valence-corrected chi connectivity index (χ1v) is 11.6. The van der Waals surface area contributed by atoms with E-state index in [1.54, 1.807) is 36.3 Å². The third kappa shape index (κ3) is 3.73. The Hall–Kier alpha value is -3.76. The standard InChI is InChI=1S/C26H27N3O7/c1-28-23(30)17-18(24(28)31)20(26(33)35-3)27-19(17)21-22(36-13-14-7-5-4-6-8-14)25(32)29(21)15-9-11-16(34-2)12-10-15/h4-12,17-22,27H,13H2,1-3H3/t17-,18+,19+,20-,21-,22+/m0/s1. The van der Waals surface area contributed by atoms with E-state index in [1.807, 2.05) is 30.3 Å². The van der Waals surface area contributed by atoms with Gasteiger partial charge in [-0.2, -0.15) is 0 Å². The number of fused-ring (bicyclic) bond motifs is 1. The van der Waals surface area contributed by atoms with Crippen molar-refractivity contribution in [2.75, 3.05) is 26.2 Å². The molecule has 0 unspecified atom stereocenters. The second-order valence-electron chi connectivity index (χ2n) is 9.09. The molecule has 0 spiro atoms. The largest absolute Gasteiger partial charge is 0.497 e. The van der Waals surface area contributed by atoms with Gasteiger partial charge in [-0.3, -0.25) is 29.4 Å². The van der Waals surface area contributed by atoms with E-state index < -0.39 is 53.8 Å². The minimum Gasteiger partial charge on any atom is -0.497 e. The van der Waals surface area contributed by atoms with E-state index in [-0.39, 0.29) is 12.5 Å². The zero-order valence-electron chi connectivity index (χ0n) is 20.1. The number of nitrogens with one attached hydrogen (secondary N) is 1. The number of esters is 1. The van der Waals surface area contributed by atoms with Crippen LogP contribution < -0.4 is 15.0 Å². The molecule has 1 N–H and O–H groups in total. The summed E-state index contributed by atoms with van der Waals surface area (Å²) in [6.45, 7) is 0.193. The van der Waals surface area contributed by atoms with Crippen LogP contribution in [0.4, 0.5) is 5.69 Å². The van der Waals surface area contributed by atoms with Crippen LogP contribution in [0.2, 0.25) is 0 Å². The van der Waals surface area contributed by atoms with Gasteiger partial charge in [-0.25, -0.2) is 0 Å². The Kier molecular flexibility index (Phi) is 6.23. The number of rotatable bonds is 7. The van der Waals surface area contributed by atoms with E-state index in [4.69, 9.17) is 14.2 Å². The molecule has 3 fully saturated rings. The molecular formula is C26H27N3O7. The number of hydrogen-bond donors (Lipinski definition) is 1. The molecule has 0 radical (unpaired) electrons. The number of carbonyl (C=O) groups excluding carboxylic acids is 4. The Morgan fingerprint density at radius 1 is 0.917 bits per heavy atom. The molecule has 3 aliphatic heterocycles. The molecule has 3 amide bonds. The summed E-state index contributed by atoms with van der Waals surface area (Å²) >= 11 is 0. The number of hydrogen-bond acceptors (Lipinski definition) is 8. The third-order valence-corrected chi connectivity index (χ3v) is 7.27. The van der Waals surface area contributed by atoms with Crippen LogP contribution in [0.25, 0.3) is 0 Å². The molecule has 3 heterocycles. The molecule has 2 aromatic carbocycles. The first-order chi connectivity index (χ1) is 17.4. The monoisotopic (exact) mass is 493 g/mol. The predicted octanol–water partition coefficient (Wildman–Crippen LogP) is 0.740. The van der Waals surface area contributed by atoms with Crippen LogP contribution in [0.3, 0.4) is 0 Å². The van der Waals surface area contributed by atoms with E-state index in [1.165, 1.54) is 14.2 Å². The molecule has 10 nitrogen and oxygen atoms in total. The Labute approximate surface area is 208 Å². The molecule has 188 valence electrons. The maximum Gasteiger partial charge on any atom is 0.323 e. The van der Waals surface area contributed by atoms with E-state index >= 15 is 0 Å². The first kappa shape index (κ1) is 24.0. The van der Waals surface area contributed by atoms with Gasteiger partial charge in [0.05, 0.1) is 38.7 Å². The van der Waals surface area contributed by atoms with Crippen LogP contribution >= 0.6 is 0 Å². The second kappa shape index (κ2) is 9.36. The Balaban J connectivity index is 1.50. The molecule has 36 heavy (non-hydrogen) atoms. The minimum absolute atomic E-state index is 0.193. The number of amides is 3. The zero-order chi connectivity index (χ0) is 25.6. The topological polar surface area (TPSA) is 114 Å². The van der Waals surface area contributed by atoms with Gasteiger partial charge in [-0.05, 0) is 29.8 Å². The molecule has 2 aromatic rings. The third-order valence-electron chi connectivity index (χ3n) is 7.27. The average molecular weight is 494 g/mol. The smallest absolute Gasteiger partial charge is 0.323 e. The average Bonchev–Trinajstić information content (AvgIpc) is 3.39. The highest BCUT2D eigenvalue weighted by atomic mass is 16.5. The maximum atomic E-state index is 13.4. The minimum atomic E-state index is -1.01. The summed E-state index contributed by atoms with van der Waals surface area (Å²) in [5.41, 5.74) is 1.49. The number of β-lactam (4-membered cyclic amide) rings is 1. The zero-order valence-corrected chi connectivity index (χ0v) is 20.1. The molecule has 6 atom stereocenters. The number of likely N-dealkylation sites (tertiary alicyclic amines) is 1. The van der Waals surface area contributed by atoms with Crippen molar-refractivity contribution in [3.05, 3.63) is 60.2 Å². The fourth-order valence-electron chi connectivity index (χ4n) is 5.46. The van der Waals surface area contributed by atoms with Crippen LogP contribution in [0, 0.1) is 11.8 Å². The molecule has 10 heteroatoms. The number of imide groups is 1. The van der Waals surface area contributed by atoms with Gasteiger partial charge < -0.3 is 19.1 Å². The quantitative estimate of drug-likeness (QED) is 0.341. The van der Waals surface area contributed by atoms with Crippen molar-refractivity contribution in [1.82, 2.24) is 10.2 Å². The van der Waals surface area contributed by atoms with Crippen LogP contribution in [0.1, 0.15) is 5.56 Å². The lowest BCUT2D eigenvalue weighted by Gasteiger charge is -2.50. The lowest BCUT2D eigenvalue weighted by Crippen LogP contribution is -2.73. The van der Waals surface area contributed by atoms with E-state index in [0.717, 1.165) is 10.5 Å². The Morgan fingerprint density at radius 3 is 2.22 bits per heavy atom. The number of methoxy groups -OCH3 is 2. The van der Waals surface area contributed by atoms with Gasteiger partial charge >= 0.3 is 5.97 Å². The normalized spacial score (nSPS) is 29.2. The fraction of sp³-hybridized carbons (Fsp3) is 0.385. The van der Waals surface area contributed by atoms with Gasteiger partial charge in [0, 0.05) is 18.8 Å². The predicted molar refractivity (Wildman–Crippen MR) is 127 cm³/mol. The van der Waals surface area contributed by atoms with Gasteiger partial charge in [0.1, 0.15) is 11.8 Å². The molecule has 3 aliphatic rings. The lowest BCUT2D eigenvalue weighted by atomic mass is 9.80. The summed E-state index contributed by atoms with van der Waals surface area (Å²) in [6, 6.07) is 14.0. The van der Waals surface area contributed by atoms with Gasteiger partial charge in [-0.1, -0.05) is 30.3 Å². The summed E-state index contributed by atoms with van der Waals surface area (Å²) in [5, 5.41) is 3.16. The van der Waals surface area contributed by atoms with Crippen molar-refractivity contribution in [1.29, 1.82) is 0 Å². The SMILES string of the molecule is COC(=O)[C@H]1N[C@@H]([C@H]2[C@@H](OCc3ccccc3)C(=O)N2c2ccc(OC)cc2)[C@H]2C(=O)N(C)C(=O)[C@H]21. The van der Waals surface area contributed by atoms with Crippen LogP contribution in [-0.4, -0.2) is 74.1 Å². The summed E-state index contributed by atoms with van der Waals surface area (Å²) in [4.78, 5) is 54.6. The summed E-state index contributed by atoms with van der Waals surface area (Å²) < 4.78 is 16.2. The number of ether oxygens (including phenoxy) is 3.